The second-order valence-corrected chi connectivity index (χ2v) is 3.26. The highest BCUT2D eigenvalue weighted by Gasteiger charge is 2.15. The molecule has 0 amide bonds. The molecule has 0 bridgehead atoms. The molecule has 6 heteroatoms. The summed E-state index contributed by atoms with van der Waals surface area (Å²) in [5.74, 6) is 0.0241. The molecular formula is C9H9BrN2O3. The molecule has 0 saturated heterocycles. The van der Waals surface area contributed by atoms with Crippen molar-refractivity contribution in [2.45, 2.75) is 0 Å². The van der Waals surface area contributed by atoms with Crippen molar-refractivity contribution in [1.82, 2.24) is 4.98 Å². The third kappa shape index (κ3) is 3.02. The van der Waals surface area contributed by atoms with Gasteiger partial charge in [0.2, 0.25) is 0 Å². The summed E-state index contributed by atoms with van der Waals surface area (Å²) in [5, 5.41) is 11.3. The van der Waals surface area contributed by atoms with Crippen LogP contribution in [0.4, 0.5) is 5.69 Å². The van der Waals surface area contributed by atoms with Crippen LogP contribution in [-0.2, 0) is 0 Å². The van der Waals surface area contributed by atoms with E-state index in [4.69, 9.17) is 4.74 Å². The molecule has 0 spiro atoms. The van der Waals surface area contributed by atoms with Crippen molar-refractivity contribution in [3.63, 3.8) is 0 Å². The van der Waals surface area contributed by atoms with Gasteiger partial charge in [-0.05, 0) is 5.56 Å². The maximum atomic E-state index is 10.7. The van der Waals surface area contributed by atoms with Crippen LogP contribution in [0.2, 0.25) is 0 Å². The van der Waals surface area contributed by atoms with Gasteiger partial charge in [-0.25, -0.2) is 4.98 Å². The molecule has 80 valence electrons. The van der Waals surface area contributed by atoms with Gasteiger partial charge in [-0.2, -0.15) is 0 Å². The van der Waals surface area contributed by atoms with Crippen LogP contribution in [0.5, 0.6) is 5.88 Å². The smallest absolute Gasteiger partial charge is 0.331 e. The molecular weight excluding hydrogens is 264 g/mol. The van der Waals surface area contributed by atoms with Gasteiger partial charge in [0.05, 0.1) is 12.0 Å². The quantitative estimate of drug-likeness (QED) is 0.480. The molecule has 0 saturated carbocycles. The standard InChI is InChI=1S/C9H9BrN2O3/c1-15-9-8(12(13)14)5-7(6-11-9)3-2-4-10/h2-3,5-6H,4H2,1H3. The second-order valence-electron chi connectivity index (χ2n) is 2.61. The van der Waals surface area contributed by atoms with Gasteiger partial charge in [0.15, 0.2) is 0 Å². The number of halogens is 1. The summed E-state index contributed by atoms with van der Waals surface area (Å²) in [4.78, 5) is 14.0. The van der Waals surface area contributed by atoms with E-state index in [1.807, 2.05) is 6.08 Å². The minimum absolute atomic E-state index is 0.0241. The van der Waals surface area contributed by atoms with Crippen LogP contribution in [0.15, 0.2) is 18.3 Å². The largest absolute Gasteiger partial charge is 0.476 e. The molecule has 1 heterocycles. The van der Waals surface area contributed by atoms with Gasteiger partial charge >= 0.3 is 5.69 Å². The van der Waals surface area contributed by atoms with Crippen molar-refractivity contribution in [3.8, 4) is 5.88 Å². The topological polar surface area (TPSA) is 65.3 Å². The molecule has 0 atom stereocenters. The van der Waals surface area contributed by atoms with Gasteiger partial charge in [-0.15, -0.1) is 0 Å². The number of pyridine rings is 1. The molecule has 0 aliphatic heterocycles. The number of hydrogen-bond acceptors (Lipinski definition) is 4. The van der Waals surface area contributed by atoms with E-state index in [1.165, 1.54) is 19.4 Å². The lowest BCUT2D eigenvalue weighted by molar-refractivity contribution is -0.386. The zero-order valence-electron chi connectivity index (χ0n) is 8.01. The van der Waals surface area contributed by atoms with Crippen LogP contribution in [0.25, 0.3) is 6.08 Å². The predicted octanol–water partition coefficient (Wildman–Crippen LogP) is 2.41. The van der Waals surface area contributed by atoms with E-state index in [0.29, 0.717) is 10.9 Å². The number of nitrogens with zero attached hydrogens (tertiary/aromatic N) is 2. The van der Waals surface area contributed by atoms with Gasteiger partial charge in [-0.3, -0.25) is 10.1 Å². The fourth-order valence-electron chi connectivity index (χ4n) is 1.02. The van der Waals surface area contributed by atoms with E-state index in [2.05, 4.69) is 20.9 Å². The fraction of sp³-hybridized carbons (Fsp3) is 0.222. The first-order valence-electron chi connectivity index (χ1n) is 4.10. The van der Waals surface area contributed by atoms with Gasteiger partial charge in [0, 0.05) is 17.6 Å². The van der Waals surface area contributed by atoms with Crippen LogP contribution < -0.4 is 4.74 Å². The molecule has 0 N–H and O–H groups in total. The van der Waals surface area contributed by atoms with Gasteiger partial charge < -0.3 is 4.74 Å². The highest BCUT2D eigenvalue weighted by Crippen LogP contribution is 2.24. The monoisotopic (exact) mass is 272 g/mol. The van der Waals surface area contributed by atoms with E-state index < -0.39 is 4.92 Å². The minimum atomic E-state index is -0.517. The number of hydrogen-bond donors (Lipinski definition) is 0. The maximum absolute atomic E-state index is 10.7. The van der Waals surface area contributed by atoms with E-state index in [-0.39, 0.29) is 11.6 Å². The third-order valence-electron chi connectivity index (χ3n) is 1.64. The molecule has 1 rings (SSSR count). The third-order valence-corrected chi connectivity index (χ3v) is 2.02. The van der Waals surface area contributed by atoms with Crippen molar-refractivity contribution in [3.05, 3.63) is 34.0 Å². The molecule has 5 nitrogen and oxygen atoms in total. The first-order valence-corrected chi connectivity index (χ1v) is 5.22. The Labute approximate surface area is 95.1 Å². The lowest BCUT2D eigenvalue weighted by Crippen LogP contribution is -1.96. The zero-order chi connectivity index (χ0) is 11.3. The summed E-state index contributed by atoms with van der Waals surface area (Å²) in [6.45, 7) is 0. The maximum Gasteiger partial charge on any atom is 0.331 e. The number of alkyl halides is 1. The zero-order valence-corrected chi connectivity index (χ0v) is 9.60. The molecule has 0 unspecified atom stereocenters. The summed E-state index contributed by atoms with van der Waals surface area (Å²) < 4.78 is 4.78. The average Bonchev–Trinajstić information content (AvgIpc) is 2.25. The summed E-state index contributed by atoms with van der Waals surface area (Å²) >= 11 is 3.22. The van der Waals surface area contributed by atoms with Crippen molar-refractivity contribution in [1.29, 1.82) is 0 Å². The van der Waals surface area contributed by atoms with Crippen molar-refractivity contribution in [2.24, 2.45) is 0 Å². The van der Waals surface area contributed by atoms with Crippen LogP contribution in [-0.4, -0.2) is 22.3 Å². The fourth-order valence-corrected chi connectivity index (χ4v) is 1.20. The molecule has 0 fully saturated rings. The lowest BCUT2D eigenvalue weighted by atomic mass is 10.2. The Kier molecular flexibility index (Phi) is 4.23. The van der Waals surface area contributed by atoms with Crippen molar-refractivity contribution >= 4 is 27.7 Å². The highest BCUT2D eigenvalue weighted by molar-refractivity contribution is 9.09. The first-order chi connectivity index (χ1) is 7.19. The Morgan fingerprint density at radius 2 is 2.47 bits per heavy atom. The van der Waals surface area contributed by atoms with Crippen molar-refractivity contribution < 1.29 is 9.66 Å². The van der Waals surface area contributed by atoms with E-state index in [9.17, 15) is 10.1 Å². The SMILES string of the molecule is COc1ncc(C=CCBr)cc1[N+](=O)[O-]. The number of allylic oxidation sites excluding steroid dienone is 1. The van der Waals surface area contributed by atoms with E-state index in [1.54, 1.807) is 6.08 Å². The van der Waals surface area contributed by atoms with Gasteiger partial charge in [0.1, 0.15) is 0 Å². The van der Waals surface area contributed by atoms with Gasteiger partial charge in [-0.1, -0.05) is 28.1 Å². The molecule has 0 aliphatic carbocycles. The normalized spacial score (nSPS) is 10.5. The number of nitro groups is 1. The first kappa shape index (κ1) is 11.6. The summed E-state index contributed by atoms with van der Waals surface area (Å²) in [5.41, 5.74) is 0.538. The molecule has 1 aromatic heterocycles. The van der Waals surface area contributed by atoms with Crippen LogP contribution in [0, 0.1) is 10.1 Å². The number of methoxy groups -OCH3 is 1. The van der Waals surface area contributed by atoms with Crippen LogP contribution in [0.1, 0.15) is 5.56 Å². The molecule has 0 aromatic carbocycles. The Hall–Kier alpha value is -1.43. The molecule has 15 heavy (non-hydrogen) atoms. The van der Waals surface area contributed by atoms with Crippen LogP contribution >= 0.6 is 15.9 Å². The summed E-state index contributed by atoms with van der Waals surface area (Å²) in [6, 6.07) is 1.42. The lowest BCUT2D eigenvalue weighted by Gasteiger charge is -2.00. The number of rotatable bonds is 4. The Balaban J connectivity index is 3.10. The summed E-state index contributed by atoms with van der Waals surface area (Å²) in [7, 11) is 1.35. The predicted molar refractivity (Wildman–Crippen MR) is 60.3 cm³/mol. The van der Waals surface area contributed by atoms with E-state index >= 15 is 0 Å². The number of aromatic nitrogens is 1. The summed E-state index contributed by atoms with van der Waals surface area (Å²) in [6.07, 6.45) is 5.09. The minimum Gasteiger partial charge on any atom is -0.476 e. The van der Waals surface area contributed by atoms with Crippen LogP contribution in [0.3, 0.4) is 0 Å². The van der Waals surface area contributed by atoms with E-state index in [0.717, 1.165) is 0 Å². The molecule has 0 aliphatic rings. The van der Waals surface area contributed by atoms with Crippen molar-refractivity contribution in [2.75, 3.05) is 12.4 Å². The Morgan fingerprint density at radius 3 is 3.00 bits per heavy atom. The highest BCUT2D eigenvalue weighted by atomic mass is 79.9. The van der Waals surface area contributed by atoms with Gasteiger partial charge in [0.25, 0.3) is 5.88 Å². The Morgan fingerprint density at radius 1 is 1.73 bits per heavy atom. The molecule has 0 radical (unpaired) electrons. The Bertz CT molecular complexity index is 393. The molecule has 1 aromatic rings. The number of ether oxygens (including phenoxy) is 1. The second kappa shape index (κ2) is 5.45. The average molecular weight is 273 g/mol.